The van der Waals surface area contributed by atoms with E-state index < -0.39 is 5.41 Å². The first kappa shape index (κ1) is 20.0. The van der Waals surface area contributed by atoms with Crippen LogP contribution in [0.5, 0.6) is 5.75 Å². The van der Waals surface area contributed by atoms with Gasteiger partial charge in [0.15, 0.2) is 5.82 Å². The van der Waals surface area contributed by atoms with Crippen LogP contribution in [0.2, 0.25) is 0 Å². The Morgan fingerprint density at radius 2 is 1.87 bits per heavy atom. The summed E-state index contributed by atoms with van der Waals surface area (Å²) in [6, 6.07) is 13.5. The van der Waals surface area contributed by atoms with Crippen molar-refractivity contribution in [3.05, 3.63) is 65.7 Å². The van der Waals surface area contributed by atoms with Gasteiger partial charge >= 0.3 is 0 Å². The van der Waals surface area contributed by atoms with Gasteiger partial charge in [-0.15, -0.1) is 0 Å². The van der Waals surface area contributed by atoms with Crippen molar-refractivity contribution in [2.45, 2.75) is 24.8 Å². The number of rotatable bonds is 6. The van der Waals surface area contributed by atoms with Crippen LogP contribution in [0.4, 0.5) is 4.39 Å². The molecule has 7 nitrogen and oxygen atoms in total. The Morgan fingerprint density at radius 3 is 2.53 bits per heavy atom. The number of H-pyrrole nitrogens is 1. The number of halogens is 1. The lowest BCUT2D eigenvalue weighted by molar-refractivity contribution is -0.130. The molecule has 0 unspecified atom stereocenters. The maximum absolute atomic E-state index is 13.4. The molecule has 1 amide bonds. The summed E-state index contributed by atoms with van der Waals surface area (Å²) in [6.07, 6.45) is 1.08. The van der Waals surface area contributed by atoms with E-state index in [0.717, 1.165) is 16.9 Å². The molecule has 1 aromatic heterocycles. The SMILES string of the molecule is COc1ccc(-c2n[nH]c(CNC(=O)C3(c4ccc(F)cc4)CCOCC3)n2)cc1. The van der Waals surface area contributed by atoms with Gasteiger partial charge in [-0.2, -0.15) is 5.10 Å². The molecule has 0 aliphatic carbocycles. The number of hydrogen-bond acceptors (Lipinski definition) is 5. The molecule has 30 heavy (non-hydrogen) atoms. The van der Waals surface area contributed by atoms with E-state index >= 15 is 0 Å². The van der Waals surface area contributed by atoms with Crippen LogP contribution < -0.4 is 10.1 Å². The Hall–Kier alpha value is -3.26. The molecular formula is C22H23FN4O3. The number of aromatic nitrogens is 3. The van der Waals surface area contributed by atoms with Crippen LogP contribution in [0.3, 0.4) is 0 Å². The molecule has 2 heterocycles. The second-order valence-electron chi connectivity index (χ2n) is 7.22. The molecule has 1 aliphatic heterocycles. The average molecular weight is 410 g/mol. The predicted octanol–water partition coefficient (Wildman–Crippen LogP) is 2.98. The molecule has 8 heteroatoms. The highest BCUT2D eigenvalue weighted by atomic mass is 19.1. The minimum absolute atomic E-state index is 0.125. The monoisotopic (exact) mass is 410 g/mol. The number of aromatic amines is 1. The van der Waals surface area contributed by atoms with Crippen molar-refractivity contribution in [2.75, 3.05) is 20.3 Å². The van der Waals surface area contributed by atoms with Crippen LogP contribution in [0.15, 0.2) is 48.5 Å². The van der Waals surface area contributed by atoms with E-state index in [1.165, 1.54) is 12.1 Å². The second-order valence-corrected chi connectivity index (χ2v) is 7.22. The van der Waals surface area contributed by atoms with Crippen LogP contribution in [-0.2, 0) is 21.5 Å². The Bertz CT molecular complexity index is 996. The molecule has 0 spiro atoms. The molecule has 0 radical (unpaired) electrons. The van der Waals surface area contributed by atoms with Gasteiger partial charge in [-0.1, -0.05) is 12.1 Å². The summed E-state index contributed by atoms with van der Waals surface area (Å²) in [7, 11) is 1.61. The number of methoxy groups -OCH3 is 1. The smallest absolute Gasteiger partial charge is 0.231 e. The molecule has 0 saturated carbocycles. The Balaban J connectivity index is 1.47. The van der Waals surface area contributed by atoms with Crippen LogP contribution in [0, 0.1) is 5.82 Å². The molecule has 156 valence electrons. The van der Waals surface area contributed by atoms with Gasteiger partial charge in [0.1, 0.15) is 17.4 Å². The third-order valence-corrected chi connectivity index (χ3v) is 5.47. The van der Waals surface area contributed by atoms with Crippen LogP contribution in [-0.4, -0.2) is 41.4 Å². The fraction of sp³-hybridized carbons (Fsp3) is 0.318. The highest BCUT2D eigenvalue weighted by Gasteiger charge is 2.41. The third-order valence-electron chi connectivity index (χ3n) is 5.47. The van der Waals surface area contributed by atoms with Crippen molar-refractivity contribution in [1.29, 1.82) is 0 Å². The zero-order valence-corrected chi connectivity index (χ0v) is 16.7. The molecule has 2 N–H and O–H groups in total. The summed E-state index contributed by atoms with van der Waals surface area (Å²) in [6.45, 7) is 1.18. The van der Waals surface area contributed by atoms with E-state index in [0.29, 0.717) is 37.7 Å². The first-order valence-electron chi connectivity index (χ1n) is 9.78. The molecule has 0 atom stereocenters. The number of carbonyl (C=O) groups excluding carboxylic acids is 1. The number of benzene rings is 2. The summed E-state index contributed by atoms with van der Waals surface area (Å²) < 4.78 is 24.0. The first-order valence-corrected chi connectivity index (χ1v) is 9.78. The maximum Gasteiger partial charge on any atom is 0.231 e. The Morgan fingerprint density at radius 1 is 1.17 bits per heavy atom. The van der Waals surface area contributed by atoms with Gasteiger partial charge in [0.2, 0.25) is 5.91 Å². The van der Waals surface area contributed by atoms with E-state index in [4.69, 9.17) is 9.47 Å². The number of ether oxygens (including phenoxy) is 2. The fourth-order valence-corrected chi connectivity index (χ4v) is 3.71. The summed E-state index contributed by atoms with van der Waals surface area (Å²) in [5, 5.41) is 10.1. The van der Waals surface area contributed by atoms with Crippen molar-refractivity contribution >= 4 is 5.91 Å². The van der Waals surface area contributed by atoms with Crippen molar-refractivity contribution in [3.8, 4) is 17.1 Å². The Kier molecular flexibility index (Phi) is 5.76. The molecule has 3 aromatic rings. The van der Waals surface area contributed by atoms with Gasteiger partial charge in [0.05, 0.1) is 19.1 Å². The maximum atomic E-state index is 13.4. The molecular weight excluding hydrogens is 387 g/mol. The van der Waals surface area contributed by atoms with Gasteiger partial charge in [0, 0.05) is 18.8 Å². The lowest BCUT2D eigenvalue weighted by Crippen LogP contribution is -2.47. The van der Waals surface area contributed by atoms with E-state index in [2.05, 4.69) is 20.5 Å². The van der Waals surface area contributed by atoms with E-state index in [-0.39, 0.29) is 18.3 Å². The molecule has 0 bridgehead atoms. The van der Waals surface area contributed by atoms with Crippen LogP contribution in [0.25, 0.3) is 11.4 Å². The zero-order valence-electron chi connectivity index (χ0n) is 16.7. The summed E-state index contributed by atoms with van der Waals surface area (Å²) in [5.41, 5.74) is 0.892. The van der Waals surface area contributed by atoms with Crippen molar-refractivity contribution in [2.24, 2.45) is 0 Å². The Labute approximate surface area is 173 Å². The molecule has 4 rings (SSSR count). The highest BCUT2D eigenvalue weighted by molar-refractivity contribution is 5.88. The van der Waals surface area contributed by atoms with Crippen molar-refractivity contribution in [3.63, 3.8) is 0 Å². The normalized spacial score (nSPS) is 15.5. The minimum Gasteiger partial charge on any atom is -0.497 e. The second kappa shape index (κ2) is 8.62. The van der Waals surface area contributed by atoms with Gasteiger partial charge in [-0.3, -0.25) is 9.89 Å². The van der Waals surface area contributed by atoms with E-state index in [1.807, 2.05) is 24.3 Å². The lowest BCUT2D eigenvalue weighted by atomic mass is 9.73. The van der Waals surface area contributed by atoms with Crippen LogP contribution in [0.1, 0.15) is 24.2 Å². The largest absolute Gasteiger partial charge is 0.497 e. The number of nitrogens with zero attached hydrogens (tertiary/aromatic N) is 2. The number of nitrogens with one attached hydrogen (secondary N) is 2. The standard InChI is InChI=1S/C22H23FN4O3/c1-29-18-8-2-15(3-9-18)20-25-19(26-27-20)14-24-21(28)22(10-12-30-13-11-22)16-4-6-17(23)7-5-16/h2-9H,10-14H2,1H3,(H,24,28)(H,25,26,27). The lowest BCUT2D eigenvalue weighted by Gasteiger charge is -2.36. The molecule has 2 aromatic carbocycles. The number of amides is 1. The molecule has 1 aliphatic rings. The van der Waals surface area contributed by atoms with E-state index in [9.17, 15) is 9.18 Å². The van der Waals surface area contributed by atoms with E-state index in [1.54, 1.807) is 19.2 Å². The molecule has 1 saturated heterocycles. The van der Waals surface area contributed by atoms with Gasteiger partial charge in [-0.25, -0.2) is 9.37 Å². The highest BCUT2D eigenvalue weighted by Crippen LogP contribution is 2.35. The summed E-state index contributed by atoms with van der Waals surface area (Å²) >= 11 is 0. The quantitative estimate of drug-likeness (QED) is 0.652. The number of carbonyl (C=O) groups is 1. The van der Waals surface area contributed by atoms with Gasteiger partial charge < -0.3 is 14.8 Å². The number of hydrogen-bond donors (Lipinski definition) is 2. The van der Waals surface area contributed by atoms with Gasteiger partial charge in [0.25, 0.3) is 0 Å². The van der Waals surface area contributed by atoms with Crippen LogP contribution >= 0.6 is 0 Å². The van der Waals surface area contributed by atoms with Gasteiger partial charge in [-0.05, 0) is 54.8 Å². The minimum atomic E-state index is -0.745. The van der Waals surface area contributed by atoms with Crippen molar-refractivity contribution in [1.82, 2.24) is 20.5 Å². The third kappa shape index (κ3) is 4.04. The summed E-state index contributed by atoms with van der Waals surface area (Å²) in [4.78, 5) is 17.7. The van der Waals surface area contributed by atoms with Crippen molar-refractivity contribution < 1.29 is 18.7 Å². The first-order chi connectivity index (χ1) is 14.6. The predicted molar refractivity (Wildman–Crippen MR) is 108 cm³/mol. The average Bonchev–Trinajstić information content (AvgIpc) is 3.27. The zero-order chi connectivity index (χ0) is 21.0. The fourth-order valence-electron chi connectivity index (χ4n) is 3.71. The summed E-state index contributed by atoms with van der Waals surface area (Å²) in [5.74, 6) is 1.40. The molecule has 1 fully saturated rings. The topological polar surface area (TPSA) is 89.1 Å².